The largest absolute Gasteiger partial charge is 0.395 e. The quantitative estimate of drug-likeness (QED) is 0.875. The number of rotatable bonds is 5. The van der Waals surface area contributed by atoms with Gasteiger partial charge in [0.2, 0.25) is 0 Å². The van der Waals surface area contributed by atoms with Crippen molar-refractivity contribution in [2.75, 3.05) is 18.1 Å². The molecule has 0 atom stereocenters. The number of hydrogen-bond acceptors (Lipinski definition) is 4. The monoisotopic (exact) mass is 272 g/mol. The van der Waals surface area contributed by atoms with Crippen LogP contribution in [0.15, 0.2) is 30.3 Å². The Morgan fingerprint density at radius 2 is 2.00 bits per heavy atom. The molecule has 0 aliphatic heterocycles. The van der Waals surface area contributed by atoms with Gasteiger partial charge in [0, 0.05) is 23.5 Å². The Balaban J connectivity index is 2.06. The number of aliphatic hydroxyl groups is 2. The van der Waals surface area contributed by atoms with Crippen LogP contribution < -0.4 is 4.90 Å². The lowest BCUT2D eigenvalue weighted by Crippen LogP contribution is -2.43. The lowest BCUT2D eigenvalue weighted by atomic mass is 9.91. The minimum atomic E-state index is -0.0260. The summed E-state index contributed by atoms with van der Waals surface area (Å²) in [6, 6.07) is 10.4. The maximum atomic E-state index is 9.64. The highest BCUT2D eigenvalue weighted by Gasteiger charge is 2.27. The van der Waals surface area contributed by atoms with E-state index in [0.29, 0.717) is 12.6 Å². The van der Waals surface area contributed by atoms with Gasteiger partial charge in [0.05, 0.1) is 18.7 Å². The highest BCUT2D eigenvalue weighted by Crippen LogP contribution is 2.31. The second kappa shape index (κ2) is 5.77. The van der Waals surface area contributed by atoms with E-state index in [2.05, 4.69) is 4.90 Å². The standard InChI is InChI=1S/C16H20N2O2/c19-9-8-18(14-5-3-6-14)16-13(11-20)10-12-4-1-2-7-15(12)17-16/h1-2,4,7,10,14,19-20H,3,5-6,8-9,11H2. The molecule has 1 aliphatic carbocycles. The Morgan fingerprint density at radius 1 is 1.20 bits per heavy atom. The van der Waals surface area contributed by atoms with Gasteiger partial charge in [-0.05, 0) is 31.4 Å². The van der Waals surface area contributed by atoms with E-state index in [-0.39, 0.29) is 13.2 Å². The van der Waals surface area contributed by atoms with Crippen molar-refractivity contribution in [2.45, 2.75) is 31.9 Å². The molecule has 1 aromatic carbocycles. The van der Waals surface area contributed by atoms with Crippen molar-refractivity contribution in [3.8, 4) is 0 Å². The summed E-state index contributed by atoms with van der Waals surface area (Å²) < 4.78 is 0. The van der Waals surface area contributed by atoms with Gasteiger partial charge in [0.15, 0.2) is 0 Å². The molecule has 0 amide bonds. The molecular weight excluding hydrogens is 252 g/mol. The van der Waals surface area contributed by atoms with Crippen LogP contribution in [0.1, 0.15) is 24.8 Å². The van der Waals surface area contributed by atoms with Crippen LogP contribution in [0.3, 0.4) is 0 Å². The van der Waals surface area contributed by atoms with Crippen LogP contribution in [0.4, 0.5) is 5.82 Å². The zero-order valence-corrected chi connectivity index (χ0v) is 11.5. The van der Waals surface area contributed by atoms with Crippen LogP contribution in [0, 0.1) is 0 Å². The van der Waals surface area contributed by atoms with E-state index in [1.807, 2.05) is 30.3 Å². The summed E-state index contributed by atoms with van der Waals surface area (Å²) in [4.78, 5) is 6.88. The highest BCUT2D eigenvalue weighted by atomic mass is 16.3. The maximum absolute atomic E-state index is 9.64. The van der Waals surface area contributed by atoms with Gasteiger partial charge >= 0.3 is 0 Å². The van der Waals surface area contributed by atoms with Crippen LogP contribution >= 0.6 is 0 Å². The van der Waals surface area contributed by atoms with Crippen LogP contribution in [0.5, 0.6) is 0 Å². The molecule has 1 aromatic heterocycles. The number of hydrogen-bond donors (Lipinski definition) is 2. The number of pyridine rings is 1. The first-order valence-corrected chi connectivity index (χ1v) is 7.20. The third-order valence-corrected chi connectivity index (χ3v) is 4.08. The molecule has 2 N–H and O–H groups in total. The van der Waals surface area contributed by atoms with Crippen molar-refractivity contribution in [3.05, 3.63) is 35.9 Å². The molecular formula is C16H20N2O2. The number of anilines is 1. The zero-order chi connectivity index (χ0) is 13.9. The maximum Gasteiger partial charge on any atom is 0.135 e. The molecule has 20 heavy (non-hydrogen) atoms. The number of nitrogens with zero attached hydrogens (tertiary/aromatic N) is 2. The summed E-state index contributed by atoms with van der Waals surface area (Å²) in [5.41, 5.74) is 1.77. The molecule has 0 radical (unpaired) electrons. The van der Waals surface area contributed by atoms with Gasteiger partial charge in [0.25, 0.3) is 0 Å². The van der Waals surface area contributed by atoms with Crippen LogP contribution in [0.2, 0.25) is 0 Å². The Labute approximate surface area is 118 Å². The topological polar surface area (TPSA) is 56.6 Å². The average Bonchev–Trinajstić information content (AvgIpc) is 2.43. The van der Waals surface area contributed by atoms with Gasteiger partial charge in [-0.3, -0.25) is 0 Å². The van der Waals surface area contributed by atoms with Gasteiger partial charge in [-0.15, -0.1) is 0 Å². The molecule has 1 heterocycles. The zero-order valence-electron chi connectivity index (χ0n) is 11.5. The summed E-state index contributed by atoms with van der Waals surface area (Å²) in [6.07, 6.45) is 3.51. The first kappa shape index (κ1) is 13.3. The number of benzene rings is 1. The summed E-state index contributed by atoms with van der Waals surface area (Å²) >= 11 is 0. The predicted octanol–water partition coefficient (Wildman–Crippen LogP) is 2.08. The summed E-state index contributed by atoms with van der Waals surface area (Å²) in [7, 11) is 0. The molecule has 0 spiro atoms. The molecule has 4 heteroatoms. The van der Waals surface area contributed by atoms with Crippen molar-refractivity contribution >= 4 is 16.7 Å². The molecule has 1 fully saturated rings. The molecule has 3 rings (SSSR count). The van der Waals surface area contributed by atoms with Gasteiger partial charge < -0.3 is 15.1 Å². The second-order valence-electron chi connectivity index (χ2n) is 5.32. The average molecular weight is 272 g/mol. The number of para-hydroxylation sites is 1. The van der Waals surface area contributed by atoms with E-state index in [9.17, 15) is 10.2 Å². The van der Waals surface area contributed by atoms with E-state index in [1.54, 1.807) is 0 Å². The molecule has 4 nitrogen and oxygen atoms in total. The summed E-state index contributed by atoms with van der Waals surface area (Å²) in [5, 5.41) is 20.0. The molecule has 2 aromatic rings. The number of fused-ring (bicyclic) bond motifs is 1. The van der Waals surface area contributed by atoms with E-state index in [1.165, 1.54) is 6.42 Å². The van der Waals surface area contributed by atoms with Crippen molar-refractivity contribution in [2.24, 2.45) is 0 Å². The van der Waals surface area contributed by atoms with E-state index >= 15 is 0 Å². The third kappa shape index (κ3) is 2.37. The van der Waals surface area contributed by atoms with Crippen LogP contribution in [-0.4, -0.2) is 34.4 Å². The molecule has 0 unspecified atom stereocenters. The Hall–Kier alpha value is -1.65. The fourth-order valence-electron chi connectivity index (χ4n) is 2.78. The molecule has 1 aliphatic rings. The molecule has 106 valence electrons. The van der Waals surface area contributed by atoms with Crippen molar-refractivity contribution in [1.29, 1.82) is 0 Å². The van der Waals surface area contributed by atoms with E-state index in [0.717, 1.165) is 35.1 Å². The van der Waals surface area contributed by atoms with Crippen LogP contribution in [-0.2, 0) is 6.61 Å². The third-order valence-electron chi connectivity index (χ3n) is 4.08. The molecule has 1 saturated carbocycles. The van der Waals surface area contributed by atoms with Crippen LogP contribution in [0.25, 0.3) is 10.9 Å². The number of aliphatic hydroxyl groups excluding tert-OH is 2. The molecule has 0 bridgehead atoms. The predicted molar refractivity (Wildman–Crippen MR) is 79.7 cm³/mol. The smallest absolute Gasteiger partial charge is 0.135 e. The summed E-state index contributed by atoms with van der Waals surface area (Å²) in [5.74, 6) is 0.824. The highest BCUT2D eigenvalue weighted by molar-refractivity contribution is 5.81. The van der Waals surface area contributed by atoms with E-state index in [4.69, 9.17) is 4.98 Å². The Morgan fingerprint density at radius 3 is 2.65 bits per heavy atom. The molecule has 0 saturated heterocycles. The lowest BCUT2D eigenvalue weighted by Gasteiger charge is -2.39. The normalized spacial score (nSPS) is 15.3. The summed E-state index contributed by atoms with van der Waals surface area (Å²) in [6.45, 7) is 0.653. The van der Waals surface area contributed by atoms with Crippen molar-refractivity contribution in [3.63, 3.8) is 0 Å². The van der Waals surface area contributed by atoms with Gasteiger partial charge in [-0.1, -0.05) is 18.2 Å². The lowest BCUT2D eigenvalue weighted by molar-refractivity contribution is 0.273. The van der Waals surface area contributed by atoms with Gasteiger partial charge in [0.1, 0.15) is 5.82 Å². The first-order valence-electron chi connectivity index (χ1n) is 7.20. The second-order valence-corrected chi connectivity index (χ2v) is 5.32. The minimum absolute atomic E-state index is 0.0260. The van der Waals surface area contributed by atoms with Crippen molar-refractivity contribution in [1.82, 2.24) is 4.98 Å². The minimum Gasteiger partial charge on any atom is -0.395 e. The Bertz CT molecular complexity index is 596. The fourth-order valence-corrected chi connectivity index (χ4v) is 2.78. The van der Waals surface area contributed by atoms with Gasteiger partial charge in [-0.2, -0.15) is 0 Å². The fraction of sp³-hybridized carbons (Fsp3) is 0.438. The van der Waals surface area contributed by atoms with Gasteiger partial charge in [-0.25, -0.2) is 4.98 Å². The van der Waals surface area contributed by atoms with E-state index < -0.39 is 0 Å². The number of aromatic nitrogens is 1. The Kier molecular flexibility index (Phi) is 3.85. The SMILES string of the molecule is OCCN(c1nc2ccccc2cc1CO)C1CCC1. The van der Waals surface area contributed by atoms with Crippen molar-refractivity contribution < 1.29 is 10.2 Å². The first-order chi connectivity index (χ1) is 9.83.